The van der Waals surface area contributed by atoms with Crippen molar-refractivity contribution in [3.63, 3.8) is 0 Å². The van der Waals surface area contributed by atoms with Crippen molar-refractivity contribution in [2.24, 2.45) is 5.92 Å². The summed E-state index contributed by atoms with van der Waals surface area (Å²) in [6.45, 7) is 6.68. The molecule has 0 radical (unpaired) electrons. The average Bonchev–Trinajstić information content (AvgIpc) is 2.15. The molecule has 0 saturated heterocycles. The molecule has 0 bridgehead atoms. The highest BCUT2D eigenvalue weighted by atomic mass is 32.2. The van der Waals surface area contributed by atoms with Gasteiger partial charge in [-0.1, -0.05) is 26.0 Å². The van der Waals surface area contributed by atoms with Gasteiger partial charge in [-0.15, -0.1) is 11.8 Å². The van der Waals surface area contributed by atoms with Crippen molar-refractivity contribution < 1.29 is 0 Å². The van der Waals surface area contributed by atoms with Crippen molar-refractivity contribution in [1.82, 2.24) is 0 Å². The summed E-state index contributed by atoms with van der Waals surface area (Å²) in [5.41, 5.74) is 2.68. The second kappa shape index (κ2) is 5.72. The lowest BCUT2D eigenvalue weighted by Gasteiger charge is -2.08. The molecule has 2 heteroatoms. The van der Waals surface area contributed by atoms with E-state index in [2.05, 4.69) is 51.6 Å². The molecule has 14 heavy (non-hydrogen) atoms. The lowest BCUT2D eigenvalue weighted by atomic mass is 10.2. The molecule has 0 heterocycles. The molecule has 1 rings (SSSR count). The number of aryl methyl sites for hydroxylation is 1. The van der Waals surface area contributed by atoms with Crippen molar-refractivity contribution in [3.05, 3.63) is 29.3 Å². The lowest BCUT2D eigenvalue weighted by molar-refractivity contribution is 0.750. The van der Waals surface area contributed by atoms with Crippen LogP contribution in [-0.4, -0.2) is 5.75 Å². The van der Waals surface area contributed by atoms with Crippen molar-refractivity contribution in [1.29, 1.82) is 0 Å². The minimum atomic E-state index is 0.754. The summed E-state index contributed by atoms with van der Waals surface area (Å²) in [5.74, 6) is 2.78. The largest absolute Gasteiger partial charge is 0.175 e. The van der Waals surface area contributed by atoms with Crippen molar-refractivity contribution in [2.75, 3.05) is 5.75 Å². The summed E-state index contributed by atoms with van der Waals surface area (Å²) in [4.78, 5) is 1.41. The fourth-order valence-corrected chi connectivity index (χ4v) is 2.39. The molecule has 0 nitrogen and oxygen atoms in total. The van der Waals surface area contributed by atoms with E-state index in [1.807, 2.05) is 11.8 Å². The Kier molecular flexibility index (Phi) is 4.90. The standard InChI is InChI=1S/C12H18S2/c1-9(2)8-14-12-5-4-11(7-13)6-10(12)3/h4-6,9,13H,7-8H2,1-3H3. The summed E-state index contributed by atoms with van der Waals surface area (Å²) >= 11 is 6.22. The van der Waals surface area contributed by atoms with E-state index in [0.29, 0.717) is 0 Å². The molecule has 0 unspecified atom stereocenters. The normalized spacial score (nSPS) is 10.9. The molecule has 0 spiro atoms. The fourth-order valence-electron chi connectivity index (χ4n) is 1.23. The van der Waals surface area contributed by atoms with Crippen molar-refractivity contribution in [3.8, 4) is 0 Å². The van der Waals surface area contributed by atoms with Crippen LogP contribution in [0, 0.1) is 12.8 Å². The molecule has 0 saturated carbocycles. The van der Waals surface area contributed by atoms with Crippen LogP contribution < -0.4 is 0 Å². The molecule has 0 aliphatic heterocycles. The van der Waals surface area contributed by atoms with Crippen LogP contribution >= 0.6 is 24.4 Å². The summed E-state index contributed by atoms with van der Waals surface area (Å²) in [7, 11) is 0. The predicted octanol–water partition coefficient (Wildman–Crippen LogP) is 4.17. The second-order valence-corrected chi connectivity index (χ2v) is 5.34. The Labute approximate surface area is 96.9 Å². The zero-order chi connectivity index (χ0) is 10.6. The Balaban J connectivity index is 2.69. The van der Waals surface area contributed by atoms with Gasteiger partial charge in [0.05, 0.1) is 0 Å². The third kappa shape index (κ3) is 3.58. The molecular formula is C12H18S2. The third-order valence-corrected chi connectivity index (χ3v) is 3.96. The van der Waals surface area contributed by atoms with Gasteiger partial charge in [-0.05, 0) is 30.0 Å². The number of hydrogen-bond donors (Lipinski definition) is 1. The van der Waals surface area contributed by atoms with Crippen molar-refractivity contribution >= 4 is 24.4 Å². The molecule has 0 N–H and O–H groups in total. The van der Waals surface area contributed by atoms with Gasteiger partial charge in [0.1, 0.15) is 0 Å². The van der Waals surface area contributed by atoms with E-state index in [4.69, 9.17) is 0 Å². The highest BCUT2D eigenvalue weighted by Crippen LogP contribution is 2.25. The molecule has 0 amide bonds. The van der Waals surface area contributed by atoms with E-state index in [0.717, 1.165) is 11.7 Å². The SMILES string of the molecule is Cc1cc(CS)ccc1SCC(C)C. The Bertz CT molecular complexity index is 292. The third-order valence-electron chi connectivity index (χ3n) is 1.99. The first-order chi connectivity index (χ1) is 6.63. The Morgan fingerprint density at radius 2 is 2.07 bits per heavy atom. The molecule has 1 aromatic carbocycles. The van der Waals surface area contributed by atoms with Crippen LogP contribution in [0.2, 0.25) is 0 Å². The van der Waals surface area contributed by atoms with Crippen LogP contribution in [0.4, 0.5) is 0 Å². The van der Waals surface area contributed by atoms with Crippen LogP contribution in [0.3, 0.4) is 0 Å². The van der Waals surface area contributed by atoms with Crippen LogP contribution in [0.15, 0.2) is 23.1 Å². The Hall–Kier alpha value is -0.0800. The van der Waals surface area contributed by atoms with Gasteiger partial charge in [-0.25, -0.2) is 0 Å². The summed E-state index contributed by atoms with van der Waals surface area (Å²) in [6, 6.07) is 6.62. The molecule has 0 aliphatic carbocycles. The minimum Gasteiger partial charge on any atom is -0.175 e. The van der Waals surface area contributed by atoms with Gasteiger partial charge in [-0.2, -0.15) is 12.6 Å². The smallest absolute Gasteiger partial charge is 0.0154 e. The molecule has 0 atom stereocenters. The van der Waals surface area contributed by atoms with Crippen LogP contribution in [-0.2, 0) is 5.75 Å². The minimum absolute atomic E-state index is 0.754. The van der Waals surface area contributed by atoms with Gasteiger partial charge in [-0.3, -0.25) is 0 Å². The maximum absolute atomic E-state index is 4.27. The maximum Gasteiger partial charge on any atom is 0.0154 e. The Morgan fingerprint density at radius 1 is 1.36 bits per heavy atom. The first-order valence-corrected chi connectivity index (χ1v) is 6.58. The molecule has 1 aromatic rings. The maximum atomic E-state index is 4.27. The summed E-state index contributed by atoms with van der Waals surface area (Å²) < 4.78 is 0. The molecule has 0 aromatic heterocycles. The van der Waals surface area contributed by atoms with E-state index in [1.54, 1.807) is 0 Å². The average molecular weight is 226 g/mol. The van der Waals surface area contributed by atoms with E-state index < -0.39 is 0 Å². The fraction of sp³-hybridized carbons (Fsp3) is 0.500. The topological polar surface area (TPSA) is 0 Å². The van der Waals surface area contributed by atoms with E-state index in [9.17, 15) is 0 Å². The molecule has 0 fully saturated rings. The Morgan fingerprint density at radius 3 is 2.57 bits per heavy atom. The second-order valence-electron chi connectivity index (χ2n) is 3.96. The van der Waals surface area contributed by atoms with Gasteiger partial charge in [0.2, 0.25) is 0 Å². The number of benzene rings is 1. The van der Waals surface area contributed by atoms with Gasteiger partial charge in [0, 0.05) is 16.4 Å². The number of thiol groups is 1. The van der Waals surface area contributed by atoms with E-state index in [1.165, 1.54) is 21.8 Å². The van der Waals surface area contributed by atoms with Crippen LogP contribution in [0.25, 0.3) is 0 Å². The number of thioether (sulfide) groups is 1. The molecule has 78 valence electrons. The van der Waals surface area contributed by atoms with Gasteiger partial charge in [0.15, 0.2) is 0 Å². The van der Waals surface area contributed by atoms with Gasteiger partial charge >= 0.3 is 0 Å². The van der Waals surface area contributed by atoms with E-state index >= 15 is 0 Å². The first-order valence-electron chi connectivity index (χ1n) is 4.96. The zero-order valence-electron chi connectivity index (χ0n) is 9.08. The summed E-state index contributed by atoms with van der Waals surface area (Å²) in [5, 5.41) is 0. The first kappa shape index (κ1) is 12.0. The summed E-state index contributed by atoms with van der Waals surface area (Å²) in [6.07, 6.45) is 0. The lowest BCUT2D eigenvalue weighted by Crippen LogP contribution is -1.92. The van der Waals surface area contributed by atoms with E-state index in [-0.39, 0.29) is 0 Å². The van der Waals surface area contributed by atoms with Gasteiger partial charge < -0.3 is 0 Å². The van der Waals surface area contributed by atoms with Crippen LogP contribution in [0.1, 0.15) is 25.0 Å². The highest BCUT2D eigenvalue weighted by molar-refractivity contribution is 7.99. The zero-order valence-corrected chi connectivity index (χ0v) is 10.8. The number of hydrogen-bond acceptors (Lipinski definition) is 2. The highest BCUT2D eigenvalue weighted by Gasteiger charge is 2.01. The number of rotatable bonds is 4. The quantitative estimate of drug-likeness (QED) is 0.594. The van der Waals surface area contributed by atoms with Crippen LogP contribution in [0.5, 0.6) is 0 Å². The molecule has 0 aliphatic rings. The monoisotopic (exact) mass is 226 g/mol. The van der Waals surface area contributed by atoms with Crippen molar-refractivity contribution in [2.45, 2.75) is 31.4 Å². The molecular weight excluding hydrogens is 208 g/mol. The predicted molar refractivity (Wildman–Crippen MR) is 69.4 cm³/mol. The van der Waals surface area contributed by atoms with Gasteiger partial charge in [0.25, 0.3) is 0 Å².